The standard InChI is InChI=1S/C22H20BrN3O3S/c23-17-8-10-18(11-9-17)26(21-24-12-14-30-21)20(27)19-7-4-13-25(19)22(28)29-15-16-5-2-1-3-6-16/h1-3,5-6,8-12,14,19H,4,7,13,15H2. The van der Waals surface area contributed by atoms with Crippen molar-refractivity contribution < 1.29 is 14.3 Å². The largest absolute Gasteiger partial charge is 0.445 e. The van der Waals surface area contributed by atoms with Crippen LogP contribution in [-0.4, -0.2) is 34.5 Å². The van der Waals surface area contributed by atoms with Crippen molar-refractivity contribution in [2.45, 2.75) is 25.5 Å². The van der Waals surface area contributed by atoms with Crippen LogP contribution in [0.5, 0.6) is 0 Å². The number of amides is 2. The minimum atomic E-state index is -0.583. The van der Waals surface area contributed by atoms with E-state index < -0.39 is 12.1 Å². The molecule has 154 valence electrons. The maximum atomic E-state index is 13.5. The summed E-state index contributed by atoms with van der Waals surface area (Å²) < 4.78 is 6.40. The Kier molecular flexibility index (Phi) is 6.44. The fraction of sp³-hybridized carbons (Fsp3) is 0.227. The van der Waals surface area contributed by atoms with Gasteiger partial charge < -0.3 is 4.74 Å². The molecule has 30 heavy (non-hydrogen) atoms. The molecule has 0 N–H and O–H groups in total. The lowest BCUT2D eigenvalue weighted by Crippen LogP contribution is -2.46. The highest BCUT2D eigenvalue weighted by atomic mass is 79.9. The molecule has 0 spiro atoms. The number of carbonyl (C=O) groups excluding carboxylic acids is 2. The first-order valence-electron chi connectivity index (χ1n) is 9.60. The number of nitrogens with zero attached hydrogens (tertiary/aromatic N) is 3. The Labute approximate surface area is 187 Å². The third-order valence-corrected chi connectivity index (χ3v) is 6.18. The molecule has 0 radical (unpaired) electrons. The lowest BCUT2D eigenvalue weighted by molar-refractivity contribution is -0.121. The molecule has 2 amide bonds. The molecule has 8 heteroatoms. The van der Waals surface area contributed by atoms with Gasteiger partial charge in [-0.3, -0.25) is 14.6 Å². The molecule has 3 aromatic rings. The quantitative estimate of drug-likeness (QED) is 0.487. The minimum absolute atomic E-state index is 0.179. The normalized spacial score (nSPS) is 15.8. The number of anilines is 2. The second-order valence-electron chi connectivity index (χ2n) is 6.86. The van der Waals surface area contributed by atoms with Gasteiger partial charge in [0, 0.05) is 22.6 Å². The third kappa shape index (κ3) is 4.55. The van der Waals surface area contributed by atoms with Crippen LogP contribution >= 0.6 is 27.3 Å². The van der Waals surface area contributed by atoms with Gasteiger partial charge in [0.15, 0.2) is 5.13 Å². The molecule has 0 saturated carbocycles. The lowest BCUT2D eigenvalue weighted by atomic mass is 10.2. The summed E-state index contributed by atoms with van der Waals surface area (Å²) in [7, 11) is 0. The molecule has 1 aromatic heterocycles. The van der Waals surface area contributed by atoms with Crippen LogP contribution in [-0.2, 0) is 16.1 Å². The Bertz CT molecular complexity index is 996. The number of hydrogen-bond donors (Lipinski definition) is 0. The van der Waals surface area contributed by atoms with Gasteiger partial charge in [-0.1, -0.05) is 46.3 Å². The van der Waals surface area contributed by atoms with Gasteiger partial charge in [0.25, 0.3) is 5.91 Å². The number of thiazole rings is 1. The topological polar surface area (TPSA) is 62.7 Å². The van der Waals surface area contributed by atoms with E-state index in [0.717, 1.165) is 16.5 Å². The predicted octanol–water partition coefficient (Wildman–Crippen LogP) is 5.37. The van der Waals surface area contributed by atoms with Crippen molar-refractivity contribution in [2.75, 3.05) is 11.4 Å². The molecule has 1 aliphatic rings. The van der Waals surface area contributed by atoms with E-state index in [1.54, 1.807) is 11.1 Å². The Hall–Kier alpha value is -2.71. The maximum Gasteiger partial charge on any atom is 0.410 e. The molecule has 6 nitrogen and oxygen atoms in total. The fourth-order valence-corrected chi connectivity index (χ4v) is 4.37. The van der Waals surface area contributed by atoms with E-state index in [0.29, 0.717) is 23.8 Å². The summed E-state index contributed by atoms with van der Waals surface area (Å²) in [6.45, 7) is 0.677. The first-order chi connectivity index (χ1) is 14.6. The van der Waals surface area contributed by atoms with Crippen LogP contribution in [0.1, 0.15) is 18.4 Å². The molecule has 1 aliphatic heterocycles. The van der Waals surface area contributed by atoms with E-state index in [-0.39, 0.29) is 12.5 Å². The zero-order valence-corrected chi connectivity index (χ0v) is 18.5. The smallest absolute Gasteiger partial charge is 0.410 e. The number of aromatic nitrogens is 1. The van der Waals surface area contributed by atoms with Gasteiger partial charge in [-0.05, 0) is 42.7 Å². The van der Waals surface area contributed by atoms with Gasteiger partial charge in [0.2, 0.25) is 0 Å². The summed E-state index contributed by atoms with van der Waals surface area (Å²) >= 11 is 4.81. The molecule has 2 aromatic carbocycles. The average Bonchev–Trinajstić information content (AvgIpc) is 3.47. The molecular weight excluding hydrogens is 466 g/mol. The monoisotopic (exact) mass is 485 g/mol. The number of rotatable bonds is 5. The van der Waals surface area contributed by atoms with Crippen LogP contribution in [0.4, 0.5) is 15.6 Å². The summed E-state index contributed by atoms with van der Waals surface area (Å²) in [5, 5.41) is 2.40. The van der Waals surface area contributed by atoms with E-state index in [9.17, 15) is 9.59 Å². The van der Waals surface area contributed by atoms with Gasteiger partial charge in [-0.15, -0.1) is 11.3 Å². The number of ether oxygens (including phenoxy) is 1. The van der Waals surface area contributed by atoms with Crippen molar-refractivity contribution in [1.82, 2.24) is 9.88 Å². The number of hydrogen-bond acceptors (Lipinski definition) is 5. The minimum Gasteiger partial charge on any atom is -0.445 e. The van der Waals surface area contributed by atoms with Crippen LogP contribution in [0, 0.1) is 0 Å². The molecule has 2 heterocycles. The molecule has 1 unspecified atom stereocenters. The molecular formula is C22H20BrN3O3S. The summed E-state index contributed by atoms with van der Waals surface area (Å²) in [5.41, 5.74) is 1.62. The molecule has 0 aliphatic carbocycles. The Balaban J connectivity index is 1.53. The van der Waals surface area contributed by atoms with Crippen LogP contribution in [0.15, 0.2) is 70.6 Å². The van der Waals surface area contributed by atoms with Crippen molar-refractivity contribution in [3.63, 3.8) is 0 Å². The van der Waals surface area contributed by atoms with Crippen LogP contribution in [0.3, 0.4) is 0 Å². The van der Waals surface area contributed by atoms with Crippen molar-refractivity contribution in [3.05, 3.63) is 76.2 Å². The van der Waals surface area contributed by atoms with E-state index >= 15 is 0 Å². The second-order valence-corrected chi connectivity index (χ2v) is 8.65. The predicted molar refractivity (Wildman–Crippen MR) is 120 cm³/mol. The molecule has 0 bridgehead atoms. The van der Waals surface area contributed by atoms with E-state index in [1.807, 2.05) is 60.0 Å². The average molecular weight is 486 g/mol. The third-order valence-electron chi connectivity index (χ3n) is 4.89. The van der Waals surface area contributed by atoms with Crippen molar-refractivity contribution >= 4 is 50.1 Å². The van der Waals surface area contributed by atoms with Gasteiger partial charge in [0.05, 0.1) is 5.69 Å². The summed E-state index contributed by atoms with van der Waals surface area (Å²) in [4.78, 5) is 33.7. The summed E-state index contributed by atoms with van der Waals surface area (Å²) in [6, 6.07) is 16.4. The zero-order chi connectivity index (χ0) is 20.9. The van der Waals surface area contributed by atoms with Gasteiger partial charge >= 0.3 is 6.09 Å². The highest BCUT2D eigenvalue weighted by Crippen LogP contribution is 2.32. The first-order valence-corrected chi connectivity index (χ1v) is 11.3. The fourth-order valence-electron chi connectivity index (χ4n) is 3.44. The Morgan fingerprint density at radius 1 is 1.17 bits per heavy atom. The SMILES string of the molecule is O=C(C1CCCN1C(=O)OCc1ccccc1)N(c1ccc(Br)cc1)c1nccs1. The molecule has 1 atom stereocenters. The van der Waals surface area contributed by atoms with Gasteiger partial charge in [-0.2, -0.15) is 0 Å². The summed E-state index contributed by atoms with van der Waals surface area (Å²) in [5.74, 6) is -0.179. The Morgan fingerprint density at radius 2 is 1.93 bits per heavy atom. The molecule has 1 saturated heterocycles. The van der Waals surface area contributed by atoms with Crippen LogP contribution in [0.25, 0.3) is 0 Å². The molecule has 1 fully saturated rings. The summed E-state index contributed by atoms with van der Waals surface area (Å²) in [6.07, 6.45) is 2.55. The second kappa shape index (κ2) is 9.40. The van der Waals surface area contributed by atoms with Crippen LogP contribution in [0.2, 0.25) is 0 Å². The number of carbonyl (C=O) groups is 2. The Morgan fingerprint density at radius 3 is 2.63 bits per heavy atom. The zero-order valence-electron chi connectivity index (χ0n) is 16.1. The van der Waals surface area contributed by atoms with Crippen LogP contribution < -0.4 is 4.90 Å². The lowest BCUT2D eigenvalue weighted by Gasteiger charge is -2.28. The van der Waals surface area contributed by atoms with E-state index in [2.05, 4.69) is 20.9 Å². The van der Waals surface area contributed by atoms with Gasteiger partial charge in [-0.25, -0.2) is 9.78 Å². The van der Waals surface area contributed by atoms with Crippen molar-refractivity contribution in [2.24, 2.45) is 0 Å². The number of likely N-dealkylation sites (tertiary alicyclic amines) is 1. The number of halogens is 1. The van der Waals surface area contributed by atoms with E-state index in [1.165, 1.54) is 16.2 Å². The first kappa shape index (κ1) is 20.6. The van der Waals surface area contributed by atoms with Gasteiger partial charge in [0.1, 0.15) is 12.6 Å². The molecule has 4 rings (SSSR count). The van der Waals surface area contributed by atoms with Crippen molar-refractivity contribution in [1.29, 1.82) is 0 Å². The highest BCUT2D eigenvalue weighted by molar-refractivity contribution is 9.10. The van der Waals surface area contributed by atoms with E-state index in [4.69, 9.17) is 4.74 Å². The highest BCUT2D eigenvalue weighted by Gasteiger charge is 2.39. The maximum absolute atomic E-state index is 13.5. The van der Waals surface area contributed by atoms with Crippen molar-refractivity contribution in [3.8, 4) is 0 Å². The number of benzene rings is 2.